The molecule has 1 aliphatic heterocycles. The van der Waals surface area contributed by atoms with E-state index in [1.807, 2.05) is 4.90 Å². The van der Waals surface area contributed by atoms with E-state index in [-0.39, 0.29) is 12.5 Å². The largest absolute Gasteiger partial charge is 0.297 e. The van der Waals surface area contributed by atoms with Crippen LogP contribution in [-0.4, -0.2) is 30.5 Å². The summed E-state index contributed by atoms with van der Waals surface area (Å²) in [4.78, 5) is 1.97. The Balaban J connectivity index is 1.84. The van der Waals surface area contributed by atoms with Gasteiger partial charge in [0.1, 0.15) is 0 Å². The van der Waals surface area contributed by atoms with E-state index in [2.05, 4.69) is 0 Å². The van der Waals surface area contributed by atoms with Crippen molar-refractivity contribution in [3.05, 3.63) is 0 Å². The van der Waals surface area contributed by atoms with E-state index in [0.29, 0.717) is 0 Å². The molecule has 1 saturated carbocycles. The highest BCUT2D eigenvalue weighted by Crippen LogP contribution is 2.37. The summed E-state index contributed by atoms with van der Waals surface area (Å²) in [7, 11) is 0. The van der Waals surface area contributed by atoms with Crippen molar-refractivity contribution in [3.8, 4) is 0 Å². The maximum atomic E-state index is 14.1. The van der Waals surface area contributed by atoms with Crippen molar-refractivity contribution in [1.29, 1.82) is 0 Å². The van der Waals surface area contributed by atoms with Crippen LogP contribution in [0.15, 0.2) is 0 Å². The molecule has 2 aliphatic rings. The molecule has 2 fully saturated rings. The fourth-order valence-electron chi connectivity index (χ4n) is 3.07. The lowest BCUT2D eigenvalue weighted by molar-refractivity contribution is -0.0947. The van der Waals surface area contributed by atoms with Gasteiger partial charge in [-0.15, -0.1) is 0 Å². The first kappa shape index (κ1) is 12.3. The quantitative estimate of drug-likeness (QED) is 0.716. The zero-order valence-electron chi connectivity index (χ0n) is 10.1. The Morgan fingerprint density at radius 2 is 1.44 bits per heavy atom. The second-order valence-electron chi connectivity index (χ2n) is 5.43. The molecule has 1 heterocycles. The molecule has 0 N–H and O–H groups in total. The van der Waals surface area contributed by atoms with Crippen LogP contribution in [0.25, 0.3) is 0 Å². The normalized spacial score (nSPS) is 25.9. The number of hydrogen-bond donors (Lipinski definition) is 0. The Hall–Kier alpha value is -0.180. The summed E-state index contributed by atoms with van der Waals surface area (Å²) in [6.07, 6.45) is 8.03. The minimum Gasteiger partial charge on any atom is -0.297 e. The molecule has 2 rings (SSSR count). The molecule has 0 unspecified atom stereocenters. The molecule has 16 heavy (non-hydrogen) atoms. The lowest BCUT2D eigenvalue weighted by Crippen LogP contribution is -2.44. The number of halogens is 2. The zero-order chi connectivity index (χ0) is 11.4. The number of hydrogen-bond acceptors (Lipinski definition) is 1. The molecule has 1 aliphatic carbocycles. The molecule has 0 aromatic rings. The standard InChI is InChI=1S/C13H23F2N/c14-13(15,12-7-3-1-4-8-12)11-16-9-5-2-6-10-16/h12H,1-11H2. The number of alkyl halides is 2. The first-order valence-electron chi connectivity index (χ1n) is 6.79. The van der Waals surface area contributed by atoms with Crippen LogP contribution >= 0.6 is 0 Å². The third-order valence-electron chi connectivity index (χ3n) is 4.09. The second kappa shape index (κ2) is 5.44. The van der Waals surface area contributed by atoms with Crippen LogP contribution in [0, 0.1) is 5.92 Å². The third-order valence-corrected chi connectivity index (χ3v) is 4.09. The predicted molar refractivity (Wildman–Crippen MR) is 61.8 cm³/mol. The van der Waals surface area contributed by atoms with E-state index >= 15 is 0 Å². The number of nitrogens with zero attached hydrogens (tertiary/aromatic N) is 1. The summed E-state index contributed by atoms with van der Waals surface area (Å²) >= 11 is 0. The van der Waals surface area contributed by atoms with Gasteiger partial charge in [-0.2, -0.15) is 0 Å². The molecule has 0 aromatic carbocycles. The minimum absolute atomic E-state index is 0.0116. The van der Waals surface area contributed by atoms with Gasteiger partial charge in [0.15, 0.2) is 0 Å². The van der Waals surface area contributed by atoms with Crippen molar-refractivity contribution in [1.82, 2.24) is 4.90 Å². The third kappa shape index (κ3) is 3.16. The minimum atomic E-state index is -2.45. The van der Waals surface area contributed by atoms with E-state index in [9.17, 15) is 8.78 Å². The summed E-state index contributed by atoms with van der Waals surface area (Å²) in [5.74, 6) is -2.79. The van der Waals surface area contributed by atoms with Gasteiger partial charge in [0, 0.05) is 5.92 Å². The van der Waals surface area contributed by atoms with Gasteiger partial charge < -0.3 is 0 Å². The first-order valence-corrected chi connectivity index (χ1v) is 6.79. The van der Waals surface area contributed by atoms with Crippen LogP contribution in [0.1, 0.15) is 51.4 Å². The summed E-state index contributed by atoms with van der Waals surface area (Å²) in [6.45, 7) is 1.77. The summed E-state index contributed by atoms with van der Waals surface area (Å²) in [5, 5.41) is 0. The van der Waals surface area contributed by atoms with Crippen LogP contribution in [0.3, 0.4) is 0 Å². The lowest BCUT2D eigenvalue weighted by atomic mass is 9.84. The van der Waals surface area contributed by atoms with Crippen LogP contribution in [0.2, 0.25) is 0 Å². The van der Waals surface area contributed by atoms with Gasteiger partial charge in [0.05, 0.1) is 6.54 Å². The van der Waals surface area contributed by atoms with Crippen molar-refractivity contribution >= 4 is 0 Å². The monoisotopic (exact) mass is 231 g/mol. The maximum Gasteiger partial charge on any atom is 0.263 e. The topological polar surface area (TPSA) is 3.24 Å². The van der Waals surface area contributed by atoms with Gasteiger partial charge in [-0.25, -0.2) is 8.78 Å². The first-order chi connectivity index (χ1) is 7.68. The van der Waals surface area contributed by atoms with Crippen molar-refractivity contribution in [3.63, 3.8) is 0 Å². The zero-order valence-corrected chi connectivity index (χ0v) is 10.1. The molecule has 3 heteroatoms. The molecule has 0 bridgehead atoms. The molecule has 94 valence electrons. The highest BCUT2D eigenvalue weighted by molar-refractivity contribution is 4.83. The van der Waals surface area contributed by atoms with Crippen LogP contribution in [0.4, 0.5) is 8.78 Å². The van der Waals surface area contributed by atoms with Crippen molar-refractivity contribution in [2.45, 2.75) is 57.3 Å². The number of rotatable bonds is 3. The Kier molecular flexibility index (Phi) is 4.17. The molecule has 1 nitrogen and oxygen atoms in total. The Morgan fingerprint density at radius 3 is 2.06 bits per heavy atom. The van der Waals surface area contributed by atoms with Crippen LogP contribution < -0.4 is 0 Å². The number of piperidine rings is 1. The van der Waals surface area contributed by atoms with Gasteiger partial charge in [0.25, 0.3) is 5.92 Å². The summed E-state index contributed by atoms with van der Waals surface area (Å²) in [5.41, 5.74) is 0. The molecule has 0 spiro atoms. The predicted octanol–water partition coefficient (Wildman–Crippen LogP) is 3.69. The van der Waals surface area contributed by atoms with E-state index < -0.39 is 5.92 Å². The molecular weight excluding hydrogens is 208 g/mol. The fraction of sp³-hybridized carbons (Fsp3) is 1.00. The van der Waals surface area contributed by atoms with Crippen molar-refractivity contribution in [2.24, 2.45) is 5.92 Å². The van der Waals surface area contributed by atoms with Crippen molar-refractivity contribution < 1.29 is 8.78 Å². The smallest absolute Gasteiger partial charge is 0.263 e. The lowest BCUT2D eigenvalue weighted by Gasteiger charge is -2.35. The van der Waals surface area contributed by atoms with Crippen LogP contribution in [-0.2, 0) is 0 Å². The van der Waals surface area contributed by atoms with Gasteiger partial charge in [-0.3, -0.25) is 4.90 Å². The highest BCUT2D eigenvalue weighted by Gasteiger charge is 2.41. The van der Waals surface area contributed by atoms with Gasteiger partial charge >= 0.3 is 0 Å². The SMILES string of the molecule is FC(F)(CN1CCCCC1)C1CCCCC1. The Bertz CT molecular complexity index is 206. The Morgan fingerprint density at radius 1 is 0.875 bits per heavy atom. The molecule has 0 atom stereocenters. The number of likely N-dealkylation sites (tertiary alicyclic amines) is 1. The van der Waals surface area contributed by atoms with Crippen LogP contribution in [0.5, 0.6) is 0 Å². The van der Waals surface area contributed by atoms with Gasteiger partial charge in [-0.05, 0) is 38.8 Å². The van der Waals surface area contributed by atoms with Crippen molar-refractivity contribution in [2.75, 3.05) is 19.6 Å². The highest BCUT2D eigenvalue weighted by atomic mass is 19.3. The molecule has 0 radical (unpaired) electrons. The van der Waals surface area contributed by atoms with Gasteiger partial charge in [0.2, 0.25) is 0 Å². The average Bonchev–Trinajstić information content (AvgIpc) is 2.31. The molecule has 0 amide bonds. The van der Waals surface area contributed by atoms with E-state index in [4.69, 9.17) is 0 Å². The second-order valence-corrected chi connectivity index (χ2v) is 5.43. The summed E-state index contributed by atoms with van der Waals surface area (Å²) in [6, 6.07) is 0. The average molecular weight is 231 g/mol. The fourth-order valence-corrected chi connectivity index (χ4v) is 3.07. The Labute approximate surface area is 97.2 Å². The van der Waals surface area contributed by atoms with E-state index in [1.54, 1.807) is 0 Å². The molecular formula is C13H23F2N. The van der Waals surface area contributed by atoms with E-state index in [0.717, 1.165) is 58.0 Å². The summed E-state index contributed by atoms with van der Waals surface area (Å²) < 4.78 is 28.1. The van der Waals surface area contributed by atoms with Gasteiger partial charge in [-0.1, -0.05) is 25.7 Å². The maximum absolute atomic E-state index is 14.1. The molecule has 1 saturated heterocycles. The van der Waals surface area contributed by atoms with E-state index in [1.165, 1.54) is 6.42 Å². The molecule has 0 aromatic heterocycles.